The van der Waals surface area contributed by atoms with Crippen molar-refractivity contribution in [2.45, 2.75) is 0 Å². The van der Waals surface area contributed by atoms with E-state index in [1.165, 1.54) is 0 Å². The van der Waals surface area contributed by atoms with Crippen LogP contribution in [0.2, 0.25) is 40.2 Å². The van der Waals surface area contributed by atoms with Gasteiger partial charge in [-0.05, 0) is 25.1 Å². The van der Waals surface area contributed by atoms with Gasteiger partial charge in [-0.25, -0.2) is 0 Å². The minimum atomic E-state index is 0. The summed E-state index contributed by atoms with van der Waals surface area (Å²) in [5.41, 5.74) is 0. The van der Waals surface area contributed by atoms with Crippen LogP contribution in [0.25, 0.3) is 0 Å². The molecule has 0 nitrogen and oxygen atoms in total. The summed E-state index contributed by atoms with van der Waals surface area (Å²) in [6.45, 7) is 0. The zero-order valence-electron chi connectivity index (χ0n) is 9.13. The summed E-state index contributed by atoms with van der Waals surface area (Å²) in [5.74, 6) is 0. The molecule has 0 atom stereocenters. The topological polar surface area (TPSA) is 0 Å². The number of hydrogen-bond acceptors (Lipinski definition) is 0. The van der Waals surface area contributed by atoms with E-state index in [0.29, 0.717) is 47.3 Å². The van der Waals surface area contributed by atoms with Crippen molar-refractivity contribution in [2.24, 2.45) is 0 Å². The van der Waals surface area contributed by atoms with Crippen molar-refractivity contribution in [1.82, 2.24) is 0 Å². The van der Waals surface area contributed by atoms with E-state index in [9.17, 15) is 0 Å². The van der Waals surface area contributed by atoms with Gasteiger partial charge in [0.05, 0.1) is 0 Å². The molecule has 0 bridgehead atoms. The predicted molar refractivity (Wildman–Crippen MR) is 110 cm³/mol. The Bertz CT molecular complexity index is 432. The van der Waals surface area contributed by atoms with Crippen LogP contribution in [0.5, 0.6) is 0 Å². The first-order valence-electron chi connectivity index (χ1n) is 4.39. The number of hydrogen-bond donors (Lipinski definition) is 0. The number of rotatable bonds is 0. The van der Waals surface area contributed by atoms with Crippen molar-refractivity contribution in [1.29, 1.82) is 0 Å². The second-order valence-corrected chi connectivity index (χ2v) is 8.32. The molecule has 2 aromatic rings. The van der Waals surface area contributed by atoms with Crippen molar-refractivity contribution in [2.75, 3.05) is 0 Å². The molecule has 0 fully saturated rings. The van der Waals surface area contributed by atoms with Crippen molar-refractivity contribution in [3.63, 3.8) is 0 Å². The Morgan fingerprint density at radius 1 is 0.619 bits per heavy atom. The van der Waals surface area contributed by atoms with Gasteiger partial charge in [-0.2, -0.15) is 58.0 Å². The van der Waals surface area contributed by atoms with E-state index in [4.69, 9.17) is 92.8 Å². The summed E-state index contributed by atoms with van der Waals surface area (Å²) in [5, 5.41) is 3.04. The molecule has 0 saturated heterocycles. The largest absolute Gasteiger partial charge is 2.00 e. The van der Waals surface area contributed by atoms with Gasteiger partial charge in [0.15, 0.2) is 0 Å². The van der Waals surface area contributed by atoms with Gasteiger partial charge < -0.3 is 0 Å². The summed E-state index contributed by atoms with van der Waals surface area (Å²) >= 11 is 49.3. The second kappa shape index (κ2) is 10.2. The van der Waals surface area contributed by atoms with Crippen LogP contribution in [0.3, 0.4) is 0 Å². The van der Waals surface area contributed by atoms with E-state index >= 15 is 0 Å². The van der Waals surface area contributed by atoms with E-state index in [0.717, 1.165) is 0 Å². The van der Waals surface area contributed by atoms with Gasteiger partial charge in [-0.15, -0.1) is 57.4 Å². The van der Waals surface area contributed by atoms with Crippen molar-refractivity contribution >= 4 is 138 Å². The summed E-state index contributed by atoms with van der Waals surface area (Å²) in [4.78, 5) is 0. The molecule has 0 spiro atoms. The van der Waals surface area contributed by atoms with Gasteiger partial charge in [0.1, 0.15) is 0 Å². The van der Waals surface area contributed by atoms with Crippen molar-refractivity contribution in [3.8, 4) is 0 Å². The molecule has 2 rings (SSSR count). The van der Waals surface area contributed by atoms with Gasteiger partial charge in [0.2, 0.25) is 0 Å². The maximum Gasteiger partial charge on any atom is 2.00 e. The second-order valence-electron chi connectivity index (χ2n) is 3.14. The summed E-state index contributed by atoms with van der Waals surface area (Å²) in [7, 11) is 0. The first-order valence-corrected chi connectivity index (χ1v) is 9.57. The van der Waals surface area contributed by atoms with Crippen LogP contribution in [-0.2, 0) is 17.1 Å². The van der Waals surface area contributed by atoms with E-state index in [2.05, 4.69) is 0 Å². The number of halogens is 10. The molecule has 2 aromatic carbocycles. The molecule has 0 radical (unpaired) electrons. The van der Waals surface area contributed by atoms with Crippen LogP contribution in [0.4, 0.5) is 0 Å². The van der Waals surface area contributed by atoms with Crippen LogP contribution < -0.4 is 0 Å². The van der Waals surface area contributed by atoms with Crippen LogP contribution in [0.1, 0.15) is 0 Å². The van der Waals surface area contributed by atoms with E-state index in [1.807, 2.05) is 45.2 Å². The van der Waals surface area contributed by atoms with Crippen molar-refractivity contribution < 1.29 is 17.1 Å². The Kier molecular flexibility index (Phi) is 11.7. The SMILES string of the molecule is Clc1c(Cl)c(I)[c-](Cl)c1Cl.Clc1c(I)c(Cl)[c-](Cl)c1Cl.[Fe+2]. The molecule has 0 aliphatic carbocycles. The molecular formula is C10Cl8FeI2. The summed E-state index contributed by atoms with van der Waals surface area (Å²) in [6.07, 6.45) is 0. The maximum atomic E-state index is 5.70. The minimum Gasteiger partial charge on any atom is -0.177 e. The van der Waals surface area contributed by atoms with Crippen LogP contribution in [0, 0.1) is 7.14 Å². The van der Waals surface area contributed by atoms with E-state index in [-0.39, 0.29) is 17.1 Å². The predicted octanol–water partition coefficient (Wildman–Crippen LogP) is 9.24. The summed E-state index contributed by atoms with van der Waals surface area (Å²) in [6, 6.07) is 0. The zero-order chi connectivity index (χ0) is 15.8. The molecule has 0 aliphatic rings. The molecule has 0 saturated carbocycles. The average molecular weight is 713 g/mol. The molecule has 11 heteroatoms. The average Bonchev–Trinajstić information content (AvgIpc) is 2.71. The molecule has 0 N–H and O–H groups in total. The van der Waals surface area contributed by atoms with Crippen LogP contribution in [0.15, 0.2) is 0 Å². The fraction of sp³-hybridized carbons (Fsp3) is 0. The fourth-order valence-electron chi connectivity index (χ4n) is 0.964. The molecule has 0 aliphatic heterocycles. The molecule has 0 heterocycles. The maximum absolute atomic E-state index is 5.70. The van der Waals surface area contributed by atoms with Gasteiger partial charge in [-0.3, -0.25) is 0 Å². The molecular weight excluding hydrogens is 713 g/mol. The first kappa shape index (κ1) is 24.0. The van der Waals surface area contributed by atoms with E-state index < -0.39 is 0 Å². The third-order valence-corrected chi connectivity index (χ3v) is 8.96. The third kappa shape index (κ3) is 5.49. The van der Waals surface area contributed by atoms with Crippen LogP contribution >= 0.6 is 138 Å². The molecule has 0 aromatic heterocycles. The quantitative estimate of drug-likeness (QED) is 0.145. The monoisotopic (exact) mass is 709 g/mol. The Morgan fingerprint density at radius 2 is 1.05 bits per heavy atom. The van der Waals surface area contributed by atoms with E-state index in [1.54, 1.807) is 0 Å². The van der Waals surface area contributed by atoms with Crippen molar-refractivity contribution in [3.05, 3.63) is 47.3 Å². The van der Waals surface area contributed by atoms with Gasteiger partial charge in [0, 0.05) is 0 Å². The molecule has 0 unspecified atom stereocenters. The molecule has 0 amide bonds. The minimum absolute atomic E-state index is 0. The Labute approximate surface area is 199 Å². The van der Waals surface area contributed by atoms with Crippen LogP contribution in [-0.4, -0.2) is 0 Å². The third-order valence-electron chi connectivity index (χ3n) is 1.93. The van der Waals surface area contributed by atoms with Gasteiger partial charge in [0.25, 0.3) is 0 Å². The smallest absolute Gasteiger partial charge is 0.177 e. The zero-order valence-corrected chi connectivity index (χ0v) is 20.6. The first-order chi connectivity index (χ1) is 9.11. The Balaban J connectivity index is 0.000000364. The molecule has 118 valence electrons. The Morgan fingerprint density at radius 3 is 1.14 bits per heavy atom. The summed E-state index contributed by atoms with van der Waals surface area (Å²) < 4.78 is 1.41. The normalized spacial score (nSPS) is 10.0. The van der Waals surface area contributed by atoms with Gasteiger partial charge >= 0.3 is 17.1 Å². The standard InChI is InChI=1S/2C5Cl4I.Fe/c2*6-1-2(7)4(9)5(10)3(1)8;/q2*-1;+2. The fourth-order valence-corrected chi connectivity index (χ4v) is 4.48. The Hall–Kier alpha value is 3.00. The van der Waals surface area contributed by atoms with Gasteiger partial charge in [-0.1, -0.05) is 44.8 Å². The molecule has 21 heavy (non-hydrogen) atoms.